The molecule has 7 aromatic carbocycles. The zero-order valence-corrected chi connectivity index (χ0v) is 29.0. The molecule has 6 nitrogen and oxygen atoms in total. The molecular formula is C46H27N5OS. The average molecular weight is 698 g/mol. The first-order chi connectivity index (χ1) is 26.3. The molecule has 0 amide bonds. The molecular weight excluding hydrogens is 671 g/mol. The Balaban J connectivity index is 1.10. The van der Waals surface area contributed by atoms with Gasteiger partial charge in [-0.25, -0.2) is 19.9 Å². The van der Waals surface area contributed by atoms with Crippen molar-refractivity contribution < 1.29 is 4.42 Å². The number of furan rings is 1. The van der Waals surface area contributed by atoms with Gasteiger partial charge in [0.05, 0.1) is 21.3 Å². The Morgan fingerprint density at radius 2 is 1.00 bits per heavy atom. The number of thiazole rings is 1. The quantitative estimate of drug-likeness (QED) is 0.179. The highest BCUT2D eigenvalue weighted by molar-refractivity contribution is 7.21. The Labute approximate surface area is 307 Å². The lowest BCUT2D eigenvalue weighted by atomic mass is 10.0. The molecule has 0 bridgehead atoms. The molecule has 0 radical (unpaired) electrons. The lowest BCUT2D eigenvalue weighted by Crippen LogP contribution is -2.01. The van der Waals surface area contributed by atoms with E-state index in [1.54, 1.807) is 11.3 Å². The highest BCUT2D eigenvalue weighted by Gasteiger charge is 2.21. The number of rotatable bonds is 5. The molecule has 0 saturated carbocycles. The Kier molecular flexibility index (Phi) is 6.62. The number of fused-ring (bicyclic) bond motifs is 7. The van der Waals surface area contributed by atoms with Gasteiger partial charge in [-0.15, -0.1) is 11.3 Å². The molecule has 0 aliphatic rings. The normalized spacial score (nSPS) is 11.8. The predicted octanol–water partition coefficient (Wildman–Crippen LogP) is 12.1. The molecule has 4 aromatic heterocycles. The van der Waals surface area contributed by atoms with Crippen LogP contribution in [0.15, 0.2) is 168 Å². The van der Waals surface area contributed by atoms with Crippen LogP contribution in [0.5, 0.6) is 0 Å². The van der Waals surface area contributed by atoms with Crippen molar-refractivity contribution in [2.75, 3.05) is 0 Å². The second-order valence-corrected chi connectivity index (χ2v) is 14.1. The Hall–Kier alpha value is -6.96. The second-order valence-electron chi connectivity index (χ2n) is 13.0. The van der Waals surface area contributed by atoms with Crippen molar-refractivity contribution >= 4 is 65.3 Å². The maximum absolute atomic E-state index is 6.49. The van der Waals surface area contributed by atoms with Gasteiger partial charge in [0.25, 0.3) is 0 Å². The van der Waals surface area contributed by atoms with Gasteiger partial charge in [0.2, 0.25) is 0 Å². The van der Waals surface area contributed by atoms with Gasteiger partial charge in [0.15, 0.2) is 17.5 Å². The minimum Gasteiger partial charge on any atom is -0.456 e. The van der Waals surface area contributed by atoms with E-state index >= 15 is 0 Å². The Bertz CT molecular complexity index is 3090. The average Bonchev–Trinajstić information content (AvgIpc) is 3.93. The first kappa shape index (κ1) is 29.7. The Morgan fingerprint density at radius 1 is 0.434 bits per heavy atom. The van der Waals surface area contributed by atoms with Gasteiger partial charge in [-0.2, -0.15) is 0 Å². The van der Waals surface area contributed by atoms with Crippen LogP contribution in [0.1, 0.15) is 0 Å². The highest BCUT2D eigenvalue weighted by Crippen LogP contribution is 2.43. The molecule has 11 aromatic rings. The summed E-state index contributed by atoms with van der Waals surface area (Å²) >= 11 is 1.68. The number of para-hydroxylation sites is 3. The maximum Gasteiger partial charge on any atom is 0.164 e. The van der Waals surface area contributed by atoms with Crippen molar-refractivity contribution in [2.45, 2.75) is 0 Å². The molecule has 4 heterocycles. The number of hydrogen-bond donors (Lipinski definition) is 0. The van der Waals surface area contributed by atoms with Gasteiger partial charge in [-0.05, 0) is 60.7 Å². The fourth-order valence-electron chi connectivity index (χ4n) is 7.52. The van der Waals surface area contributed by atoms with Crippen molar-refractivity contribution in [3.63, 3.8) is 0 Å². The summed E-state index contributed by atoms with van der Waals surface area (Å²) in [7, 11) is 0. The first-order valence-corrected chi connectivity index (χ1v) is 18.3. The zero-order chi connectivity index (χ0) is 34.9. The summed E-state index contributed by atoms with van der Waals surface area (Å²) in [6.45, 7) is 0. The molecule has 0 aliphatic heterocycles. The molecule has 0 atom stereocenters. The van der Waals surface area contributed by atoms with Crippen molar-refractivity contribution in [3.05, 3.63) is 164 Å². The van der Waals surface area contributed by atoms with E-state index in [1.807, 2.05) is 60.7 Å². The van der Waals surface area contributed by atoms with Gasteiger partial charge < -0.3 is 8.98 Å². The summed E-state index contributed by atoms with van der Waals surface area (Å²) in [5, 5.41) is 5.35. The summed E-state index contributed by atoms with van der Waals surface area (Å²) in [5.74, 6) is 1.78. The van der Waals surface area contributed by atoms with E-state index in [9.17, 15) is 0 Å². The molecule has 0 fully saturated rings. The van der Waals surface area contributed by atoms with Crippen LogP contribution in [0.4, 0.5) is 0 Å². The summed E-state index contributed by atoms with van der Waals surface area (Å²) in [4.78, 5) is 20.4. The topological polar surface area (TPSA) is 69.6 Å². The number of aromatic nitrogens is 5. The number of benzene rings is 7. The highest BCUT2D eigenvalue weighted by atomic mass is 32.1. The smallest absolute Gasteiger partial charge is 0.164 e. The van der Waals surface area contributed by atoms with Crippen LogP contribution in [0, 0.1) is 0 Å². The van der Waals surface area contributed by atoms with Crippen LogP contribution >= 0.6 is 11.3 Å². The van der Waals surface area contributed by atoms with Gasteiger partial charge >= 0.3 is 0 Å². The van der Waals surface area contributed by atoms with Crippen LogP contribution < -0.4 is 0 Å². The first-order valence-electron chi connectivity index (χ1n) is 17.5. The summed E-state index contributed by atoms with van der Waals surface area (Å²) < 4.78 is 9.95. The van der Waals surface area contributed by atoms with E-state index in [-0.39, 0.29) is 0 Å². The molecule has 0 spiro atoms. The van der Waals surface area contributed by atoms with E-state index in [0.29, 0.717) is 17.5 Å². The molecule has 7 heteroatoms. The lowest BCUT2D eigenvalue weighted by Gasteiger charge is -2.11. The van der Waals surface area contributed by atoms with E-state index in [0.717, 1.165) is 65.1 Å². The molecule has 11 rings (SSSR count). The van der Waals surface area contributed by atoms with Crippen molar-refractivity contribution in [3.8, 4) is 50.4 Å². The summed E-state index contributed by atoms with van der Waals surface area (Å²) in [6, 6.07) is 56.2. The van der Waals surface area contributed by atoms with E-state index in [2.05, 4.69) is 108 Å². The third kappa shape index (κ3) is 4.79. The molecule has 0 aliphatic carbocycles. The SMILES string of the molecule is c1ccc(-c2nc(-c3ccc(-n4c5ccccc5c5ccccc54)cc3)nc(-c3cccc4oc5cccc(-c6nc7ccccc7s6)c5c34)n2)cc1. The standard InChI is InChI=1S/C46H27N5OS/c1-2-12-28(13-3-1)43-48-44(29-24-26-30(27-25-29)51-36-19-7-4-14-31(36)32-15-5-8-20-37(32)51)50-45(49-43)33-16-10-21-38-41(33)42-34(17-11-22-39(42)52-38)46-47-35-18-6-9-23-40(35)53-46/h1-27H. The van der Waals surface area contributed by atoms with Crippen LogP contribution in [0.25, 0.3) is 104 Å². The largest absolute Gasteiger partial charge is 0.456 e. The maximum atomic E-state index is 6.49. The van der Waals surface area contributed by atoms with E-state index < -0.39 is 0 Å². The molecule has 53 heavy (non-hydrogen) atoms. The van der Waals surface area contributed by atoms with Gasteiger partial charge in [-0.1, -0.05) is 103 Å². The minimum absolute atomic E-state index is 0.577. The molecule has 0 saturated heterocycles. The summed E-state index contributed by atoms with van der Waals surface area (Å²) in [5.41, 5.74) is 9.66. The monoisotopic (exact) mass is 697 g/mol. The molecule has 0 N–H and O–H groups in total. The third-order valence-corrected chi connectivity index (χ3v) is 11.0. The van der Waals surface area contributed by atoms with Gasteiger partial charge in [-0.3, -0.25) is 0 Å². The van der Waals surface area contributed by atoms with Crippen LogP contribution in [-0.4, -0.2) is 24.5 Å². The third-order valence-electron chi connectivity index (χ3n) is 9.92. The molecule has 0 unspecified atom stereocenters. The van der Waals surface area contributed by atoms with Crippen LogP contribution in [0.3, 0.4) is 0 Å². The summed E-state index contributed by atoms with van der Waals surface area (Å²) in [6.07, 6.45) is 0. The van der Waals surface area contributed by atoms with Crippen molar-refractivity contribution in [1.29, 1.82) is 0 Å². The van der Waals surface area contributed by atoms with Crippen LogP contribution in [-0.2, 0) is 0 Å². The fourth-order valence-corrected chi connectivity index (χ4v) is 8.52. The molecule has 248 valence electrons. The lowest BCUT2D eigenvalue weighted by molar-refractivity contribution is 0.669. The predicted molar refractivity (Wildman–Crippen MR) is 216 cm³/mol. The number of nitrogens with zero attached hydrogens (tertiary/aromatic N) is 5. The van der Waals surface area contributed by atoms with Gasteiger partial charge in [0, 0.05) is 49.5 Å². The van der Waals surface area contributed by atoms with Crippen molar-refractivity contribution in [1.82, 2.24) is 24.5 Å². The number of hydrogen-bond acceptors (Lipinski definition) is 6. The van der Waals surface area contributed by atoms with Gasteiger partial charge in [0.1, 0.15) is 16.2 Å². The second kappa shape index (κ2) is 11.8. The minimum atomic E-state index is 0.577. The Morgan fingerprint density at radius 3 is 1.70 bits per heavy atom. The fraction of sp³-hybridized carbons (Fsp3) is 0. The van der Waals surface area contributed by atoms with E-state index in [4.69, 9.17) is 24.4 Å². The zero-order valence-electron chi connectivity index (χ0n) is 28.1. The van der Waals surface area contributed by atoms with Crippen molar-refractivity contribution in [2.24, 2.45) is 0 Å². The van der Waals surface area contributed by atoms with Crippen LogP contribution in [0.2, 0.25) is 0 Å². The van der Waals surface area contributed by atoms with E-state index in [1.165, 1.54) is 21.8 Å².